The van der Waals surface area contributed by atoms with Crippen LogP contribution >= 0.6 is 0 Å². The highest BCUT2D eigenvalue weighted by Gasteiger charge is 2.23. The number of imidazole rings is 1. The van der Waals surface area contributed by atoms with E-state index in [0.29, 0.717) is 18.8 Å². The average Bonchev–Trinajstić information content (AvgIpc) is 3.17. The first kappa shape index (κ1) is 23.9. The molecule has 0 atom stereocenters. The summed E-state index contributed by atoms with van der Waals surface area (Å²) in [7, 11) is 5.43. The lowest BCUT2D eigenvalue weighted by Crippen LogP contribution is -2.38. The highest BCUT2D eigenvalue weighted by atomic mass is 16.5. The third kappa shape index (κ3) is 5.20. The van der Waals surface area contributed by atoms with Gasteiger partial charge in [-0.3, -0.25) is 28.4 Å². The summed E-state index contributed by atoms with van der Waals surface area (Å²) in [5.74, 6) is -0.650. The molecule has 2 aromatic heterocycles. The number of rotatable bonds is 9. The van der Waals surface area contributed by atoms with Crippen LogP contribution in [-0.4, -0.2) is 62.8 Å². The molecule has 0 saturated heterocycles. The molecule has 0 unspecified atom stereocenters. The van der Waals surface area contributed by atoms with E-state index in [2.05, 4.69) is 4.98 Å². The lowest BCUT2D eigenvalue weighted by atomic mass is 10.1. The maximum atomic E-state index is 12.9. The standard InChI is InChI=1S/C22H27N5O6/c1-24-20-19(21(30)25(2)22(24)31)27(14-18(29)33-4)16(23-20)12-26(13-17(28)32-3)11-10-15-8-6-5-7-9-15/h5-9H,10-14H2,1-4H3. The largest absolute Gasteiger partial charge is 0.468 e. The molecule has 33 heavy (non-hydrogen) atoms. The first-order valence-corrected chi connectivity index (χ1v) is 10.3. The van der Waals surface area contributed by atoms with Gasteiger partial charge in [-0.15, -0.1) is 0 Å². The Hall–Kier alpha value is -3.73. The van der Waals surface area contributed by atoms with Gasteiger partial charge in [-0.1, -0.05) is 30.3 Å². The van der Waals surface area contributed by atoms with Gasteiger partial charge in [-0.25, -0.2) is 9.78 Å². The molecule has 0 radical (unpaired) electrons. The van der Waals surface area contributed by atoms with Crippen LogP contribution in [-0.2, 0) is 52.7 Å². The number of carbonyl (C=O) groups is 2. The average molecular weight is 457 g/mol. The molecule has 2 heterocycles. The van der Waals surface area contributed by atoms with Crippen molar-refractivity contribution < 1.29 is 19.1 Å². The molecule has 0 amide bonds. The maximum absolute atomic E-state index is 12.9. The minimum Gasteiger partial charge on any atom is -0.468 e. The molecular formula is C22H27N5O6. The molecule has 3 rings (SSSR count). The molecule has 0 aliphatic rings. The molecule has 0 spiro atoms. The van der Waals surface area contributed by atoms with Crippen LogP contribution < -0.4 is 11.2 Å². The number of hydrogen-bond acceptors (Lipinski definition) is 8. The lowest BCUT2D eigenvalue weighted by Gasteiger charge is -2.21. The van der Waals surface area contributed by atoms with Crippen LogP contribution in [0.4, 0.5) is 0 Å². The number of aromatic nitrogens is 4. The molecule has 0 aliphatic carbocycles. The minimum absolute atomic E-state index is 0.0122. The topological polar surface area (TPSA) is 118 Å². The molecule has 176 valence electrons. The van der Waals surface area contributed by atoms with Gasteiger partial charge in [-0.2, -0.15) is 0 Å². The van der Waals surface area contributed by atoms with Crippen LogP contribution in [0.15, 0.2) is 39.9 Å². The fourth-order valence-electron chi connectivity index (χ4n) is 3.57. The van der Waals surface area contributed by atoms with Gasteiger partial charge in [0.25, 0.3) is 5.56 Å². The van der Waals surface area contributed by atoms with Crippen LogP contribution in [0.25, 0.3) is 11.2 Å². The van der Waals surface area contributed by atoms with E-state index >= 15 is 0 Å². The van der Waals surface area contributed by atoms with E-state index < -0.39 is 23.2 Å². The van der Waals surface area contributed by atoms with Gasteiger partial charge in [0.05, 0.1) is 27.3 Å². The Morgan fingerprint density at radius 2 is 1.67 bits per heavy atom. The number of carbonyl (C=O) groups excluding carboxylic acids is 2. The zero-order chi connectivity index (χ0) is 24.1. The molecule has 3 aromatic rings. The molecule has 0 aliphatic heterocycles. The van der Waals surface area contributed by atoms with Crippen molar-refractivity contribution in [2.45, 2.75) is 19.5 Å². The monoisotopic (exact) mass is 457 g/mol. The smallest absolute Gasteiger partial charge is 0.332 e. The number of aryl methyl sites for hydroxylation is 1. The number of esters is 2. The second kappa shape index (κ2) is 10.3. The van der Waals surface area contributed by atoms with E-state index in [1.807, 2.05) is 35.2 Å². The van der Waals surface area contributed by atoms with E-state index in [1.165, 1.54) is 37.4 Å². The van der Waals surface area contributed by atoms with Crippen molar-refractivity contribution in [3.8, 4) is 0 Å². The van der Waals surface area contributed by atoms with Gasteiger partial charge >= 0.3 is 17.6 Å². The number of benzene rings is 1. The van der Waals surface area contributed by atoms with Gasteiger partial charge in [0.2, 0.25) is 0 Å². The summed E-state index contributed by atoms with van der Waals surface area (Å²) in [4.78, 5) is 55.7. The van der Waals surface area contributed by atoms with Crippen LogP contribution in [0, 0.1) is 0 Å². The Balaban J connectivity index is 2.05. The minimum atomic E-state index is -0.574. The predicted molar refractivity (Wildman–Crippen MR) is 120 cm³/mol. The quantitative estimate of drug-likeness (QED) is 0.406. The fourth-order valence-corrected chi connectivity index (χ4v) is 3.57. The summed E-state index contributed by atoms with van der Waals surface area (Å²) >= 11 is 0. The van der Waals surface area contributed by atoms with Crippen molar-refractivity contribution in [2.24, 2.45) is 14.1 Å². The van der Waals surface area contributed by atoms with Gasteiger partial charge in [0.15, 0.2) is 11.2 Å². The van der Waals surface area contributed by atoms with Crippen LogP contribution in [0.2, 0.25) is 0 Å². The number of ether oxygens (including phenoxy) is 2. The Labute approximate surface area is 189 Å². The lowest BCUT2D eigenvalue weighted by molar-refractivity contribution is -0.143. The van der Waals surface area contributed by atoms with Crippen molar-refractivity contribution in [1.29, 1.82) is 0 Å². The molecule has 11 nitrogen and oxygen atoms in total. The summed E-state index contributed by atoms with van der Waals surface area (Å²) in [5.41, 5.74) is 0.257. The summed E-state index contributed by atoms with van der Waals surface area (Å²) in [5, 5.41) is 0. The van der Waals surface area contributed by atoms with Crippen molar-refractivity contribution in [3.63, 3.8) is 0 Å². The summed E-state index contributed by atoms with van der Waals surface area (Å²) in [6, 6.07) is 9.78. The number of methoxy groups -OCH3 is 2. The first-order valence-electron chi connectivity index (χ1n) is 10.3. The second-order valence-electron chi connectivity index (χ2n) is 7.59. The first-order chi connectivity index (χ1) is 15.8. The second-order valence-corrected chi connectivity index (χ2v) is 7.59. The normalized spacial score (nSPS) is 11.2. The Morgan fingerprint density at radius 1 is 1.00 bits per heavy atom. The molecule has 0 N–H and O–H groups in total. The fraction of sp³-hybridized carbons (Fsp3) is 0.409. The van der Waals surface area contributed by atoms with Crippen molar-refractivity contribution in [1.82, 2.24) is 23.6 Å². The van der Waals surface area contributed by atoms with Crippen LogP contribution in [0.5, 0.6) is 0 Å². The maximum Gasteiger partial charge on any atom is 0.332 e. The van der Waals surface area contributed by atoms with E-state index in [0.717, 1.165) is 10.1 Å². The van der Waals surface area contributed by atoms with Crippen LogP contribution in [0.3, 0.4) is 0 Å². The van der Waals surface area contributed by atoms with Gasteiger partial charge in [0.1, 0.15) is 12.4 Å². The van der Waals surface area contributed by atoms with Crippen molar-refractivity contribution >= 4 is 23.1 Å². The van der Waals surface area contributed by atoms with Gasteiger partial charge in [0, 0.05) is 20.6 Å². The zero-order valence-corrected chi connectivity index (χ0v) is 19.1. The number of nitrogens with zero attached hydrogens (tertiary/aromatic N) is 5. The van der Waals surface area contributed by atoms with Crippen LogP contribution in [0.1, 0.15) is 11.4 Å². The zero-order valence-electron chi connectivity index (χ0n) is 19.1. The number of hydrogen-bond donors (Lipinski definition) is 0. The molecule has 0 saturated carbocycles. The Bertz CT molecular complexity index is 1270. The van der Waals surface area contributed by atoms with Crippen molar-refractivity contribution in [3.05, 3.63) is 62.6 Å². The van der Waals surface area contributed by atoms with E-state index in [-0.39, 0.29) is 30.8 Å². The third-order valence-corrected chi connectivity index (χ3v) is 5.45. The predicted octanol–water partition coefficient (Wildman–Crippen LogP) is -0.176. The SMILES string of the molecule is COC(=O)CN(CCc1ccccc1)Cc1nc2c(c(=O)n(C)c(=O)n2C)n1CC(=O)OC. The summed E-state index contributed by atoms with van der Waals surface area (Å²) < 4.78 is 13.3. The number of fused-ring (bicyclic) bond motifs is 1. The molecule has 0 bridgehead atoms. The highest BCUT2D eigenvalue weighted by Crippen LogP contribution is 2.14. The molecular weight excluding hydrogens is 430 g/mol. The Kier molecular flexibility index (Phi) is 7.44. The Morgan fingerprint density at radius 3 is 2.30 bits per heavy atom. The van der Waals surface area contributed by atoms with Gasteiger partial charge < -0.3 is 14.0 Å². The molecule has 0 fully saturated rings. The van der Waals surface area contributed by atoms with E-state index in [1.54, 1.807) is 0 Å². The molecule has 11 heteroatoms. The summed E-state index contributed by atoms with van der Waals surface area (Å²) in [6.45, 7) is 0.366. The highest BCUT2D eigenvalue weighted by molar-refractivity contribution is 5.76. The summed E-state index contributed by atoms with van der Waals surface area (Å²) in [6.07, 6.45) is 0.662. The van der Waals surface area contributed by atoms with E-state index in [4.69, 9.17) is 9.47 Å². The third-order valence-electron chi connectivity index (χ3n) is 5.45. The van der Waals surface area contributed by atoms with E-state index in [9.17, 15) is 19.2 Å². The molecule has 1 aromatic carbocycles. The van der Waals surface area contributed by atoms with Crippen molar-refractivity contribution in [2.75, 3.05) is 27.3 Å². The van der Waals surface area contributed by atoms with Gasteiger partial charge in [-0.05, 0) is 12.0 Å².